The second-order valence-corrected chi connectivity index (χ2v) is 5.12. The maximum Gasteiger partial charge on any atom is 0.258 e. The van der Waals surface area contributed by atoms with Gasteiger partial charge in [0, 0.05) is 11.1 Å². The molecule has 2 aromatic carbocycles. The molecule has 0 bridgehead atoms. The van der Waals surface area contributed by atoms with Crippen LogP contribution in [-0.4, -0.2) is 15.5 Å². The average Bonchev–Trinajstić information content (AvgIpc) is 2.95. The van der Waals surface area contributed by atoms with Crippen LogP contribution in [0.15, 0.2) is 60.7 Å². The van der Waals surface area contributed by atoms with Crippen LogP contribution in [-0.2, 0) is 11.3 Å². The fourth-order valence-electron chi connectivity index (χ4n) is 2.70. The van der Waals surface area contributed by atoms with Gasteiger partial charge in [-0.15, -0.1) is 0 Å². The summed E-state index contributed by atoms with van der Waals surface area (Å²) < 4.78 is 1.91. The van der Waals surface area contributed by atoms with Gasteiger partial charge in [-0.05, 0) is 0 Å². The number of hydrogen-bond acceptors (Lipinski definition) is 3. The van der Waals surface area contributed by atoms with E-state index in [4.69, 9.17) is 0 Å². The molecule has 0 aliphatic carbocycles. The normalized spacial score (nSPS) is 13.2. The molecule has 1 aliphatic heterocycles. The molecular formula is C17H14N4O. The number of nitrogens with one attached hydrogen (secondary N) is 2. The van der Waals surface area contributed by atoms with Crippen LogP contribution in [0.2, 0.25) is 0 Å². The number of carbonyl (C=O) groups is 1. The number of aromatic nitrogens is 2. The quantitative estimate of drug-likeness (QED) is 0.763. The lowest BCUT2D eigenvalue weighted by atomic mass is 10.0. The minimum Gasteiger partial charge on any atom is -0.299 e. The van der Waals surface area contributed by atoms with E-state index in [0.717, 1.165) is 22.5 Å². The molecule has 108 valence electrons. The third-order valence-corrected chi connectivity index (χ3v) is 3.68. The minimum absolute atomic E-state index is 0.0818. The van der Waals surface area contributed by atoms with Crippen molar-refractivity contribution in [2.45, 2.75) is 6.54 Å². The van der Waals surface area contributed by atoms with Crippen molar-refractivity contribution in [3.63, 3.8) is 0 Å². The zero-order chi connectivity index (χ0) is 14.9. The molecule has 1 amide bonds. The molecule has 2 heterocycles. The maximum atomic E-state index is 11.7. The topological polar surface area (TPSA) is 59.0 Å². The Bertz CT molecular complexity index is 825. The summed E-state index contributed by atoms with van der Waals surface area (Å²) in [7, 11) is 0. The average molecular weight is 290 g/mol. The molecule has 4 rings (SSSR count). The molecule has 0 unspecified atom stereocenters. The Kier molecular flexibility index (Phi) is 2.89. The van der Waals surface area contributed by atoms with Crippen molar-refractivity contribution in [3.05, 3.63) is 60.7 Å². The molecule has 5 nitrogen and oxygen atoms in total. The fourth-order valence-corrected chi connectivity index (χ4v) is 2.70. The van der Waals surface area contributed by atoms with Crippen LogP contribution in [0.5, 0.6) is 0 Å². The van der Waals surface area contributed by atoms with Crippen LogP contribution in [0.1, 0.15) is 0 Å². The van der Waals surface area contributed by atoms with Crippen molar-refractivity contribution < 1.29 is 4.79 Å². The van der Waals surface area contributed by atoms with Crippen LogP contribution >= 0.6 is 0 Å². The predicted octanol–water partition coefficient (Wildman–Crippen LogP) is 2.67. The first-order valence-corrected chi connectivity index (χ1v) is 7.09. The second kappa shape index (κ2) is 5.04. The Morgan fingerprint density at radius 1 is 0.864 bits per heavy atom. The molecule has 3 aromatic rings. The summed E-state index contributed by atoms with van der Waals surface area (Å²) in [6.07, 6.45) is 0. The van der Waals surface area contributed by atoms with E-state index in [2.05, 4.69) is 15.8 Å². The van der Waals surface area contributed by atoms with Crippen molar-refractivity contribution >= 4 is 11.9 Å². The van der Waals surface area contributed by atoms with Gasteiger partial charge in [-0.25, -0.2) is 4.98 Å². The fraction of sp³-hybridized carbons (Fsp3) is 0.0588. The number of anilines is 1. The number of hydrazine groups is 1. The summed E-state index contributed by atoms with van der Waals surface area (Å²) in [6.45, 7) is 0.256. The van der Waals surface area contributed by atoms with Gasteiger partial charge in [0.1, 0.15) is 6.54 Å². The van der Waals surface area contributed by atoms with Gasteiger partial charge < -0.3 is 0 Å². The van der Waals surface area contributed by atoms with Crippen LogP contribution in [0.25, 0.3) is 22.5 Å². The Balaban J connectivity index is 1.97. The molecule has 2 N–H and O–H groups in total. The molecule has 22 heavy (non-hydrogen) atoms. The lowest BCUT2D eigenvalue weighted by Gasteiger charge is -2.18. The van der Waals surface area contributed by atoms with Crippen molar-refractivity contribution in [1.82, 2.24) is 15.0 Å². The van der Waals surface area contributed by atoms with E-state index in [9.17, 15) is 4.79 Å². The van der Waals surface area contributed by atoms with Gasteiger partial charge in [0.25, 0.3) is 5.91 Å². The Morgan fingerprint density at radius 2 is 1.50 bits per heavy atom. The van der Waals surface area contributed by atoms with Crippen LogP contribution in [0, 0.1) is 0 Å². The summed E-state index contributed by atoms with van der Waals surface area (Å²) in [5.41, 5.74) is 9.35. The monoisotopic (exact) mass is 290 g/mol. The molecule has 0 fully saturated rings. The highest BCUT2D eigenvalue weighted by atomic mass is 16.2. The molecule has 0 spiro atoms. The number of fused-ring (bicyclic) bond motifs is 1. The molecule has 5 heteroatoms. The molecule has 0 saturated carbocycles. The predicted molar refractivity (Wildman–Crippen MR) is 84.9 cm³/mol. The summed E-state index contributed by atoms with van der Waals surface area (Å²) in [5.74, 6) is 0.569. The summed E-state index contributed by atoms with van der Waals surface area (Å²) >= 11 is 0. The minimum atomic E-state index is -0.0818. The van der Waals surface area contributed by atoms with Crippen LogP contribution in [0.3, 0.4) is 0 Å². The lowest BCUT2D eigenvalue weighted by molar-refractivity contribution is -0.121. The van der Waals surface area contributed by atoms with E-state index < -0.39 is 0 Å². The maximum absolute atomic E-state index is 11.7. The van der Waals surface area contributed by atoms with E-state index >= 15 is 0 Å². The SMILES string of the molecule is O=C1Cn2c(nc(-c3ccccc3)c2-c2ccccc2)NN1. The highest BCUT2D eigenvalue weighted by molar-refractivity contribution is 5.86. The Labute approximate surface area is 127 Å². The van der Waals surface area contributed by atoms with Gasteiger partial charge in [-0.2, -0.15) is 0 Å². The molecule has 1 aromatic heterocycles. The number of benzene rings is 2. The van der Waals surface area contributed by atoms with Gasteiger partial charge in [0.15, 0.2) is 0 Å². The third-order valence-electron chi connectivity index (χ3n) is 3.68. The first-order chi connectivity index (χ1) is 10.8. The molecule has 0 saturated heterocycles. The third kappa shape index (κ3) is 2.03. The zero-order valence-corrected chi connectivity index (χ0v) is 11.8. The second-order valence-electron chi connectivity index (χ2n) is 5.12. The summed E-state index contributed by atoms with van der Waals surface area (Å²) in [4.78, 5) is 16.4. The highest BCUT2D eigenvalue weighted by Gasteiger charge is 2.24. The number of amides is 1. The highest BCUT2D eigenvalue weighted by Crippen LogP contribution is 2.34. The number of imidazole rings is 1. The number of rotatable bonds is 2. The Hall–Kier alpha value is -3.08. The van der Waals surface area contributed by atoms with Crippen molar-refractivity contribution in [2.75, 3.05) is 5.43 Å². The lowest BCUT2D eigenvalue weighted by Crippen LogP contribution is -2.38. The van der Waals surface area contributed by atoms with Crippen molar-refractivity contribution in [3.8, 4) is 22.5 Å². The van der Waals surface area contributed by atoms with Crippen molar-refractivity contribution in [2.24, 2.45) is 0 Å². The van der Waals surface area contributed by atoms with Gasteiger partial charge in [0.05, 0.1) is 11.4 Å². The smallest absolute Gasteiger partial charge is 0.258 e. The summed E-state index contributed by atoms with van der Waals surface area (Å²) in [6, 6.07) is 20.0. The molecule has 1 aliphatic rings. The van der Waals surface area contributed by atoms with Crippen molar-refractivity contribution in [1.29, 1.82) is 0 Å². The number of hydrogen-bond donors (Lipinski definition) is 2. The van der Waals surface area contributed by atoms with E-state index in [-0.39, 0.29) is 12.5 Å². The standard InChI is InChI=1S/C17H14N4O/c22-14-11-21-16(13-9-5-2-6-10-13)15(18-17(21)20-19-14)12-7-3-1-4-8-12/h1-10H,11H2,(H,18,20)(H,19,22). The van der Waals surface area contributed by atoms with E-state index in [1.165, 1.54) is 0 Å². The van der Waals surface area contributed by atoms with Gasteiger partial charge in [0.2, 0.25) is 5.95 Å². The first-order valence-electron chi connectivity index (χ1n) is 7.09. The zero-order valence-electron chi connectivity index (χ0n) is 11.8. The van der Waals surface area contributed by atoms with Gasteiger partial charge in [-0.1, -0.05) is 60.7 Å². The summed E-state index contributed by atoms with van der Waals surface area (Å²) in [5, 5.41) is 0. The first kappa shape index (κ1) is 12.6. The van der Waals surface area contributed by atoms with Gasteiger partial charge in [-0.3, -0.25) is 20.2 Å². The number of nitrogens with zero attached hydrogens (tertiary/aromatic N) is 2. The molecule has 0 atom stereocenters. The van der Waals surface area contributed by atoms with Crippen LogP contribution in [0.4, 0.5) is 5.95 Å². The molecule has 0 radical (unpaired) electrons. The Morgan fingerprint density at radius 3 is 2.18 bits per heavy atom. The largest absolute Gasteiger partial charge is 0.299 e. The van der Waals surface area contributed by atoms with E-state index in [1.807, 2.05) is 65.2 Å². The van der Waals surface area contributed by atoms with E-state index in [1.54, 1.807) is 0 Å². The van der Waals surface area contributed by atoms with Gasteiger partial charge >= 0.3 is 0 Å². The van der Waals surface area contributed by atoms with Crippen LogP contribution < -0.4 is 10.9 Å². The molecular weight excluding hydrogens is 276 g/mol. The van der Waals surface area contributed by atoms with E-state index in [0.29, 0.717) is 5.95 Å². The number of carbonyl (C=O) groups excluding carboxylic acids is 1.